The van der Waals surface area contributed by atoms with Crippen molar-refractivity contribution < 1.29 is 4.39 Å². The van der Waals surface area contributed by atoms with Crippen molar-refractivity contribution in [2.45, 2.75) is 33.2 Å². The molecule has 0 aliphatic heterocycles. The molecule has 1 heterocycles. The first kappa shape index (κ1) is 17.4. The summed E-state index contributed by atoms with van der Waals surface area (Å²) < 4.78 is 13.1. The van der Waals surface area contributed by atoms with Crippen LogP contribution >= 0.6 is 11.3 Å². The van der Waals surface area contributed by atoms with E-state index in [2.05, 4.69) is 20.6 Å². The van der Waals surface area contributed by atoms with E-state index in [0.717, 1.165) is 42.5 Å². The van der Waals surface area contributed by atoms with Gasteiger partial charge in [0, 0.05) is 24.2 Å². The number of hydrogen-bond donors (Lipinski definition) is 2. The minimum Gasteiger partial charge on any atom is -0.357 e. The Morgan fingerprint density at radius 3 is 2.91 bits per heavy atom. The van der Waals surface area contributed by atoms with Crippen LogP contribution in [0, 0.1) is 12.7 Å². The molecule has 0 spiro atoms. The highest BCUT2D eigenvalue weighted by Gasteiger charge is 2.01. The van der Waals surface area contributed by atoms with E-state index in [1.165, 1.54) is 10.9 Å². The molecule has 0 amide bonds. The second-order valence-electron chi connectivity index (χ2n) is 5.22. The molecule has 2 rings (SSSR count). The van der Waals surface area contributed by atoms with Crippen LogP contribution in [-0.4, -0.2) is 24.0 Å². The Morgan fingerprint density at radius 2 is 2.22 bits per heavy atom. The highest BCUT2D eigenvalue weighted by molar-refractivity contribution is 7.11. The minimum absolute atomic E-state index is 0.177. The number of benzene rings is 1. The number of thiazole rings is 1. The molecule has 1 aromatic carbocycles. The van der Waals surface area contributed by atoms with Crippen molar-refractivity contribution in [2.75, 3.05) is 13.1 Å². The van der Waals surface area contributed by atoms with Crippen LogP contribution in [0.15, 0.2) is 35.5 Å². The Morgan fingerprint density at radius 1 is 1.35 bits per heavy atom. The second kappa shape index (κ2) is 9.25. The van der Waals surface area contributed by atoms with Gasteiger partial charge in [-0.15, -0.1) is 11.3 Å². The summed E-state index contributed by atoms with van der Waals surface area (Å²) in [5, 5.41) is 7.54. The third kappa shape index (κ3) is 6.36. The molecule has 0 saturated heterocycles. The van der Waals surface area contributed by atoms with Crippen LogP contribution in [0.4, 0.5) is 4.39 Å². The van der Waals surface area contributed by atoms with Crippen molar-refractivity contribution in [2.24, 2.45) is 4.99 Å². The predicted molar refractivity (Wildman–Crippen MR) is 94.4 cm³/mol. The summed E-state index contributed by atoms with van der Waals surface area (Å²) in [5.74, 6) is 0.615. The Kier molecular flexibility index (Phi) is 7.00. The van der Waals surface area contributed by atoms with Crippen molar-refractivity contribution >= 4 is 17.3 Å². The lowest BCUT2D eigenvalue weighted by atomic mass is 10.1. The Bertz CT molecular complexity index is 639. The van der Waals surface area contributed by atoms with E-state index in [1.54, 1.807) is 23.5 Å². The summed E-state index contributed by atoms with van der Waals surface area (Å²) in [4.78, 5) is 10.0. The van der Waals surface area contributed by atoms with E-state index in [1.807, 2.05) is 26.1 Å². The number of aryl methyl sites for hydroxylation is 2. The third-order valence-electron chi connectivity index (χ3n) is 3.21. The molecule has 1 aromatic heterocycles. The Labute approximate surface area is 140 Å². The lowest BCUT2D eigenvalue weighted by molar-refractivity contribution is 0.624. The van der Waals surface area contributed by atoms with Crippen molar-refractivity contribution in [3.63, 3.8) is 0 Å². The summed E-state index contributed by atoms with van der Waals surface area (Å²) in [6.45, 7) is 6.27. The molecular formula is C17H23FN4S. The van der Waals surface area contributed by atoms with Crippen molar-refractivity contribution in [1.29, 1.82) is 0 Å². The molecule has 0 atom stereocenters. The molecule has 2 N–H and O–H groups in total. The van der Waals surface area contributed by atoms with E-state index in [4.69, 9.17) is 0 Å². The SMILES string of the molecule is CCNC(=NCc1ncc(C)s1)NCCCc1cccc(F)c1. The van der Waals surface area contributed by atoms with Crippen LogP contribution in [0.1, 0.15) is 28.8 Å². The summed E-state index contributed by atoms with van der Waals surface area (Å²) >= 11 is 1.67. The second-order valence-corrected chi connectivity index (χ2v) is 6.54. The number of rotatable bonds is 7. The molecular weight excluding hydrogens is 311 g/mol. The number of nitrogens with zero attached hydrogens (tertiary/aromatic N) is 2. The zero-order chi connectivity index (χ0) is 16.5. The molecule has 0 unspecified atom stereocenters. The largest absolute Gasteiger partial charge is 0.357 e. The number of guanidine groups is 1. The summed E-state index contributed by atoms with van der Waals surface area (Å²) in [6.07, 6.45) is 3.63. The zero-order valence-corrected chi connectivity index (χ0v) is 14.4. The maximum absolute atomic E-state index is 13.1. The van der Waals surface area contributed by atoms with E-state index >= 15 is 0 Å². The normalized spacial score (nSPS) is 11.5. The topological polar surface area (TPSA) is 49.3 Å². The van der Waals surface area contributed by atoms with Gasteiger partial charge in [0.15, 0.2) is 5.96 Å². The van der Waals surface area contributed by atoms with E-state index in [0.29, 0.717) is 6.54 Å². The van der Waals surface area contributed by atoms with E-state index in [9.17, 15) is 4.39 Å². The Balaban J connectivity index is 1.77. The van der Waals surface area contributed by atoms with Crippen molar-refractivity contribution in [3.05, 3.63) is 51.7 Å². The van der Waals surface area contributed by atoms with Gasteiger partial charge in [0.25, 0.3) is 0 Å². The summed E-state index contributed by atoms with van der Waals surface area (Å²) in [5.41, 5.74) is 1.02. The van der Waals surface area contributed by atoms with Gasteiger partial charge in [0.05, 0.1) is 6.54 Å². The van der Waals surface area contributed by atoms with Gasteiger partial charge in [-0.2, -0.15) is 0 Å². The number of aromatic nitrogens is 1. The third-order valence-corrected chi connectivity index (χ3v) is 4.11. The molecule has 124 valence electrons. The fourth-order valence-electron chi connectivity index (χ4n) is 2.15. The highest BCUT2D eigenvalue weighted by atomic mass is 32.1. The number of aliphatic imine (C=N–C) groups is 1. The van der Waals surface area contributed by atoms with Gasteiger partial charge in [0.1, 0.15) is 10.8 Å². The molecule has 0 aliphatic carbocycles. The first-order chi connectivity index (χ1) is 11.2. The van der Waals surface area contributed by atoms with Crippen LogP contribution in [0.2, 0.25) is 0 Å². The fourth-order valence-corrected chi connectivity index (χ4v) is 2.87. The lowest BCUT2D eigenvalue weighted by Crippen LogP contribution is -2.37. The highest BCUT2D eigenvalue weighted by Crippen LogP contribution is 2.11. The zero-order valence-electron chi connectivity index (χ0n) is 13.6. The fraction of sp³-hybridized carbons (Fsp3) is 0.412. The van der Waals surface area contributed by atoms with Gasteiger partial charge in [-0.05, 0) is 44.4 Å². The molecule has 0 radical (unpaired) electrons. The van der Waals surface area contributed by atoms with Gasteiger partial charge < -0.3 is 10.6 Å². The van der Waals surface area contributed by atoms with E-state index in [-0.39, 0.29) is 5.82 Å². The summed E-state index contributed by atoms with van der Waals surface area (Å²) in [7, 11) is 0. The summed E-state index contributed by atoms with van der Waals surface area (Å²) in [6, 6.07) is 6.76. The van der Waals surface area contributed by atoms with Crippen LogP contribution < -0.4 is 10.6 Å². The lowest BCUT2D eigenvalue weighted by Gasteiger charge is -2.11. The first-order valence-corrected chi connectivity index (χ1v) is 8.67. The van der Waals surface area contributed by atoms with Crippen molar-refractivity contribution in [1.82, 2.24) is 15.6 Å². The minimum atomic E-state index is -0.177. The predicted octanol–water partition coefficient (Wildman–Crippen LogP) is 3.28. The van der Waals surface area contributed by atoms with Crippen LogP contribution in [0.5, 0.6) is 0 Å². The number of nitrogens with one attached hydrogen (secondary N) is 2. The van der Waals surface area contributed by atoms with Crippen molar-refractivity contribution in [3.8, 4) is 0 Å². The maximum Gasteiger partial charge on any atom is 0.191 e. The van der Waals surface area contributed by atoms with Gasteiger partial charge in [-0.3, -0.25) is 0 Å². The average molecular weight is 334 g/mol. The molecule has 23 heavy (non-hydrogen) atoms. The number of hydrogen-bond acceptors (Lipinski definition) is 3. The Hall–Kier alpha value is -1.95. The first-order valence-electron chi connectivity index (χ1n) is 7.85. The molecule has 0 saturated carbocycles. The molecule has 2 aromatic rings. The van der Waals surface area contributed by atoms with E-state index < -0.39 is 0 Å². The quantitative estimate of drug-likeness (QED) is 0.464. The smallest absolute Gasteiger partial charge is 0.191 e. The average Bonchev–Trinajstić information content (AvgIpc) is 2.94. The number of halogens is 1. The molecule has 6 heteroatoms. The van der Waals surface area contributed by atoms with Crippen LogP contribution in [-0.2, 0) is 13.0 Å². The van der Waals surface area contributed by atoms with Gasteiger partial charge >= 0.3 is 0 Å². The monoisotopic (exact) mass is 334 g/mol. The van der Waals surface area contributed by atoms with Gasteiger partial charge in [-0.25, -0.2) is 14.4 Å². The van der Waals surface area contributed by atoms with Gasteiger partial charge in [0.2, 0.25) is 0 Å². The molecule has 0 aliphatic rings. The molecule has 0 fully saturated rings. The van der Waals surface area contributed by atoms with Gasteiger partial charge in [-0.1, -0.05) is 12.1 Å². The standard InChI is InChI=1S/C17H23FN4S/c1-3-19-17(22-12-16-21-11-13(2)23-16)20-9-5-7-14-6-4-8-15(18)10-14/h4,6,8,10-11H,3,5,7,9,12H2,1-2H3,(H2,19,20,22). The van der Waals surface area contributed by atoms with Crippen LogP contribution in [0.3, 0.4) is 0 Å². The van der Waals surface area contributed by atoms with Crippen LogP contribution in [0.25, 0.3) is 0 Å². The molecule has 0 bridgehead atoms. The molecule has 4 nitrogen and oxygen atoms in total. The maximum atomic E-state index is 13.1.